The van der Waals surface area contributed by atoms with Crippen molar-refractivity contribution in [2.45, 2.75) is 20.3 Å². The molecule has 1 heteroatoms. The molecule has 0 unspecified atom stereocenters. The van der Waals surface area contributed by atoms with E-state index in [0.29, 0.717) is 0 Å². The molecule has 0 aromatic heterocycles. The standard InChI is InChI=1S/C10H16S/c1-4-6-7-8-10(3)11-9-5-2/h4,6-8H,1,5,9H2,2-3H3/b7-6-,10-8+. The number of allylic oxidation sites excluding steroid dienone is 5. The van der Waals surface area contributed by atoms with Crippen molar-refractivity contribution in [2.24, 2.45) is 0 Å². The molecule has 11 heavy (non-hydrogen) atoms. The minimum absolute atomic E-state index is 1.21. The minimum Gasteiger partial charge on any atom is -0.131 e. The number of hydrogen-bond acceptors (Lipinski definition) is 1. The molecule has 0 rings (SSSR count). The molecule has 0 aliphatic carbocycles. The van der Waals surface area contributed by atoms with Gasteiger partial charge in [0.25, 0.3) is 0 Å². The summed E-state index contributed by atoms with van der Waals surface area (Å²) in [5, 5.41) is 0. The Labute approximate surface area is 74.1 Å². The summed E-state index contributed by atoms with van der Waals surface area (Å²) >= 11 is 1.90. The molecule has 0 aliphatic rings. The van der Waals surface area contributed by atoms with Crippen molar-refractivity contribution in [3.8, 4) is 0 Å². The van der Waals surface area contributed by atoms with Crippen LogP contribution in [-0.4, -0.2) is 5.75 Å². The first kappa shape index (κ1) is 10.6. The van der Waals surface area contributed by atoms with Crippen LogP contribution in [0.4, 0.5) is 0 Å². The number of rotatable bonds is 5. The van der Waals surface area contributed by atoms with Gasteiger partial charge < -0.3 is 0 Å². The lowest BCUT2D eigenvalue weighted by atomic mass is 10.4. The van der Waals surface area contributed by atoms with Gasteiger partial charge in [-0.1, -0.05) is 37.8 Å². The van der Waals surface area contributed by atoms with E-state index in [1.807, 2.05) is 23.9 Å². The summed E-state index contributed by atoms with van der Waals surface area (Å²) in [4.78, 5) is 1.37. The Bertz CT molecular complexity index is 154. The minimum atomic E-state index is 1.21. The highest BCUT2D eigenvalue weighted by Gasteiger charge is 1.85. The summed E-state index contributed by atoms with van der Waals surface area (Å²) in [5.41, 5.74) is 0. The van der Waals surface area contributed by atoms with E-state index in [9.17, 15) is 0 Å². The van der Waals surface area contributed by atoms with Crippen LogP contribution in [0.5, 0.6) is 0 Å². The number of hydrogen-bond donors (Lipinski definition) is 0. The van der Waals surface area contributed by atoms with Gasteiger partial charge in [0.2, 0.25) is 0 Å². The normalized spacial score (nSPS) is 12.4. The van der Waals surface area contributed by atoms with Crippen LogP contribution in [0.15, 0.2) is 35.8 Å². The summed E-state index contributed by atoms with van der Waals surface area (Å²) in [7, 11) is 0. The van der Waals surface area contributed by atoms with Gasteiger partial charge in [-0.25, -0.2) is 0 Å². The molecule has 0 aliphatic heterocycles. The van der Waals surface area contributed by atoms with Crippen molar-refractivity contribution in [1.29, 1.82) is 0 Å². The van der Waals surface area contributed by atoms with Crippen molar-refractivity contribution in [2.75, 3.05) is 5.75 Å². The van der Waals surface area contributed by atoms with Crippen molar-refractivity contribution in [1.82, 2.24) is 0 Å². The van der Waals surface area contributed by atoms with E-state index in [1.165, 1.54) is 17.1 Å². The molecule has 0 aromatic rings. The van der Waals surface area contributed by atoms with Gasteiger partial charge in [0.05, 0.1) is 0 Å². The molecule has 62 valence electrons. The Morgan fingerprint density at radius 2 is 2.18 bits per heavy atom. The summed E-state index contributed by atoms with van der Waals surface area (Å²) in [6, 6.07) is 0. The third-order valence-corrected chi connectivity index (χ3v) is 2.32. The maximum absolute atomic E-state index is 3.60. The highest BCUT2D eigenvalue weighted by Crippen LogP contribution is 2.14. The molecule has 0 amide bonds. The summed E-state index contributed by atoms with van der Waals surface area (Å²) in [5.74, 6) is 1.21. The number of thioether (sulfide) groups is 1. The zero-order valence-electron chi connectivity index (χ0n) is 7.34. The van der Waals surface area contributed by atoms with Crippen LogP contribution in [-0.2, 0) is 0 Å². The van der Waals surface area contributed by atoms with Gasteiger partial charge in [0.15, 0.2) is 0 Å². The topological polar surface area (TPSA) is 0 Å². The van der Waals surface area contributed by atoms with Gasteiger partial charge in [0.1, 0.15) is 0 Å². The van der Waals surface area contributed by atoms with Crippen molar-refractivity contribution in [3.63, 3.8) is 0 Å². The third kappa shape index (κ3) is 7.47. The second-order valence-corrected chi connectivity index (χ2v) is 3.59. The summed E-state index contributed by atoms with van der Waals surface area (Å²) < 4.78 is 0. The van der Waals surface area contributed by atoms with E-state index >= 15 is 0 Å². The van der Waals surface area contributed by atoms with Gasteiger partial charge in [-0.05, 0) is 24.0 Å². The lowest BCUT2D eigenvalue weighted by Gasteiger charge is -1.95. The maximum atomic E-state index is 3.60. The van der Waals surface area contributed by atoms with Crippen LogP contribution < -0.4 is 0 Å². The van der Waals surface area contributed by atoms with Crippen LogP contribution in [0.25, 0.3) is 0 Å². The van der Waals surface area contributed by atoms with Crippen molar-refractivity contribution in [3.05, 3.63) is 35.8 Å². The Balaban J connectivity index is 3.61. The van der Waals surface area contributed by atoms with Crippen LogP contribution in [0, 0.1) is 0 Å². The van der Waals surface area contributed by atoms with Crippen molar-refractivity contribution >= 4 is 11.8 Å². The predicted molar refractivity (Wildman–Crippen MR) is 55.8 cm³/mol. The highest BCUT2D eigenvalue weighted by atomic mass is 32.2. The molecule has 0 saturated carbocycles. The Kier molecular flexibility index (Phi) is 7.37. The van der Waals surface area contributed by atoms with Gasteiger partial charge in [-0.3, -0.25) is 0 Å². The largest absolute Gasteiger partial charge is 0.131 e. The van der Waals surface area contributed by atoms with E-state index in [0.717, 1.165) is 0 Å². The van der Waals surface area contributed by atoms with Gasteiger partial charge in [-0.15, -0.1) is 11.8 Å². The van der Waals surface area contributed by atoms with E-state index in [4.69, 9.17) is 0 Å². The summed E-state index contributed by atoms with van der Waals surface area (Å²) in [6.07, 6.45) is 9.10. The monoisotopic (exact) mass is 168 g/mol. The Morgan fingerprint density at radius 3 is 2.73 bits per heavy atom. The molecule has 0 fully saturated rings. The fraction of sp³-hybridized carbons (Fsp3) is 0.400. The average Bonchev–Trinajstić information content (AvgIpc) is 2.01. The molecule has 0 nitrogen and oxygen atoms in total. The molecule has 0 N–H and O–H groups in total. The molecular weight excluding hydrogens is 152 g/mol. The van der Waals surface area contributed by atoms with Crippen molar-refractivity contribution < 1.29 is 0 Å². The third-order valence-electron chi connectivity index (χ3n) is 1.11. The highest BCUT2D eigenvalue weighted by molar-refractivity contribution is 8.03. The van der Waals surface area contributed by atoms with Crippen LogP contribution >= 0.6 is 11.8 Å². The van der Waals surface area contributed by atoms with E-state index in [-0.39, 0.29) is 0 Å². The summed E-state index contributed by atoms with van der Waals surface area (Å²) in [6.45, 7) is 7.92. The first-order valence-electron chi connectivity index (χ1n) is 3.90. The van der Waals surface area contributed by atoms with Gasteiger partial charge in [0, 0.05) is 0 Å². The van der Waals surface area contributed by atoms with E-state index < -0.39 is 0 Å². The van der Waals surface area contributed by atoms with E-state index in [2.05, 4.69) is 26.5 Å². The molecule has 0 bridgehead atoms. The Hall–Kier alpha value is -0.430. The predicted octanol–water partition coefficient (Wildman–Crippen LogP) is 3.78. The SMILES string of the molecule is C=C/C=C\C=C(/C)SCCC. The molecule has 0 radical (unpaired) electrons. The maximum Gasteiger partial charge on any atom is -0.00260 e. The fourth-order valence-corrected chi connectivity index (χ4v) is 1.28. The molecule has 0 heterocycles. The molecule has 0 atom stereocenters. The van der Waals surface area contributed by atoms with Crippen LogP contribution in [0.3, 0.4) is 0 Å². The first-order chi connectivity index (χ1) is 5.31. The second-order valence-electron chi connectivity index (χ2n) is 2.25. The van der Waals surface area contributed by atoms with Crippen LogP contribution in [0.2, 0.25) is 0 Å². The van der Waals surface area contributed by atoms with Gasteiger partial charge in [-0.2, -0.15) is 0 Å². The first-order valence-corrected chi connectivity index (χ1v) is 4.88. The molecule has 0 saturated heterocycles. The second kappa shape index (κ2) is 7.67. The zero-order valence-corrected chi connectivity index (χ0v) is 8.16. The smallest absolute Gasteiger partial charge is 0.00260 e. The fourth-order valence-electron chi connectivity index (χ4n) is 0.581. The van der Waals surface area contributed by atoms with E-state index in [1.54, 1.807) is 6.08 Å². The van der Waals surface area contributed by atoms with Crippen LogP contribution in [0.1, 0.15) is 20.3 Å². The quantitative estimate of drug-likeness (QED) is 0.563. The lowest BCUT2D eigenvalue weighted by molar-refractivity contribution is 1.11. The average molecular weight is 168 g/mol. The molecular formula is C10H16S. The molecule has 0 spiro atoms. The zero-order chi connectivity index (χ0) is 8.53. The van der Waals surface area contributed by atoms with Gasteiger partial charge >= 0.3 is 0 Å². The Morgan fingerprint density at radius 1 is 1.45 bits per heavy atom. The molecule has 0 aromatic carbocycles. The lowest BCUT2D eigenvalue weighted by Crippen LogP contribution is -1.72.